The lowest BCUT2D eigenvalue weighted by Crippen LogP contribution is -2.30. The van der Waals surface area contributed by atoms with E-state index in [1.165, 1.54) is 51.4 Å². The number of phosphoric ester groups is 2. The van der Waals surface area contributed by atoms with E-state index in [2.05, 4.69) is 125 Å². The molecule has 554 valence electrons. The first-order chi connectivity index (χ1) is 46.7. The van der Waals surface area contributed by atoms with Crippen LogP contribution in [-0.4, -0.2) is 96.7 Å². The average molecular weight is 1390 g/mol. The van der Waals surface area contributed by atoms with Gasteiger partial charge in [-0.3, -0.25) is 37.3 Å². The van der Waals surface area contributed by atoms with Crippen LogP contribution < -0.4 is 0 Å². The maximum atomic E-state index is 13.1. The lowest BCUT2D eigenvalue weighted by atomic mass is 10.0. The van der Waals surface area contributed by atoms with Crippen molar-refractivity contribution in [3.05, 3.63) is 97.2 Å². The zero-order chi connectivity index (χ0) is 70.4. The van der Waals surface area contributed by atoms with Gasteiger partial charge in [-0.2, -0.15) is 0 Å². The second kappa shape index (κ2) is 69.5. The molecule has 96 heavy (non-hydrogen) atoms. The Morgan fingerprint density at radius 1 is 0.302 bits per heavy atom. The zero-order valence-electron chi connectivity index (χ0n) is 60.3. The molecule has 0 radical (unpaired) electrons. The summed E-state index contributed by atoms with van der Waals surface area (Å²) >= 11 is 0. The van der Waals surface area contributed by atoms with Crippen molar-refractivity contribution >= 4 is 39.5 Å². The highest BCUT2D eigenvalue weighted by Gasteiger charge is 2.30. The minimum absolute atomic E-state index is 0.0726. The van der Waals surface area contributed by atoms with Gasteiger partial charge in [-0.15, -0.1) is 0 Å². The van der Waals surface area contributed by atoms with Crippen LogP contribution in [0.1, 0.15) is 310 Å². The molecule has 0 aromatic rings. The fourth-order valence-corrected chi connectivity index (χ4v) is 11.4. The van der Waals surface area contributed by atoms with Crippen molar-refractivity contribution in [1.29, 1.82) is 0 Å². The van der Waals surface area contributed by atoms with Gasteiger partial charge in [0.25, 0.3) is 0 Å². The lowest BCUT2D eigenvalue weighted by molar-refractivity contribution is -0.161. The minimum atomic E-state index is -4.98. The molecular formula is C77H134O17P2. The average Bonchev–Trinajstić information content (AvgIpc) is 3.12. The van der Waals surface area contributed by atoms with E-state index in [1.54, 1.807) is 0 Å². The summed E-state index contributed by atoms with van der Waals surface area (Å²) in [6.45, 7) is 4.58. The Morgan fingerprint density at radius 3 is 0.875 bits per heavy atom. The Labute approximate surface area is 582 Å². The topological polar surface area (TPSA) is 237 Å². The molecule has 0 aliphatic heterocycles. The van der Waals surface area contributed by atoms with Crippen molar-refractivity contribution in [2.75, 3.05) is 39.6 Å². The summed E-state index contributed by atoms with van der Waals surface area (Å²) < 4.78 is 68.4. The van der Waals surface area contributed by atoms with Gasteiger partial charge in [0.1, 0.15) is 19.3 Å². The van der Waals surface area contributed by atoms with E-state index in [4.69, 9.17) is 37.0 Å². The van der Waals surface area contributed by atoms with E-state index < -0.39 is 97.5 Å². The molecule has 0 spiro atoms. The van der Waals surface area contributed by atoms with Gasteiger partial charge in [-0.25, -0.2) is 9.13 Å². The highest BCUT2D eigenvalue weighted by molar-refractivity contribution is 7.47. The molecule has 0 saturated heterocycles. The standard InChI is InChI=1S/C77H134O17P2/c1-5-9-13-17-21-25-29-33-34-35-36-40-42-46-50-54-58-62-75(80)88-68-73(94-77(82)64-60-56-52-48-44-39-32-28-24-20-16-12-8-4)70-92-96(85,86)90-66-71(78)65-89-95(83,84)91-69-72(93-76(81)63-59-55-51-47-43-38-31-27-23-19-15-11-7-3)67-87-74(79)61-57-53-49-45-41-37-30-26-22-18-14-10-6-2/h9,13-14,16,18,20-21,25-26,28,30,32-34,36,40,71-73,78H,5-8,10-12,15,17,19,22-24,27,29,31,35,37-39,41-70H2,1-4H3,(H,83,84)(H,85,86)/b13-9-,18-14-,20-16-,25-21-,30-26-,32-28-,34-33-,40-36-. The van der Waals surface area contributed by atoms with E-state index in [-0.39, 0.29) is 25.7 Å². The van der Waals surface area contributed by atoms with Gasteiger partial charge in [0.05, 0.1) is 26.4 Å². The third-order valence-corrected chi connectivity index (χ3v) is 17.4. The first-order valence-corrected chi connectivity index (χ1v) is 40.5. The molecule has 0 saturated carbocycles. The number of hydrogen-bond donors (Lipinski definition) is 3. The largest absolute Gasteiger partial charge is 0.472 e. The number of aliphatic hydroxyl groups excluding tert-OH is 1. The summed E-state index contributed by atoms with van der Waals surface area (Å²) in [7, 11) is -9.95. The maximum absolute atomic E-state index is 13.1. The molecule has 0 aliphatic rings. The van der Waals surface area contributed by atoms with Gasteiger partial charge in [-0.1, -0.05) is 266 Å². The van der Waals surface area contributed by atoms with E-state index in [9.17, 15) is 43.2 Å². The highest BCUT2D eigenvalue weighted by Crippen LogP contribution is 2.45. The molecule has 3 N–H and O–H groups in total. The van der Waals surface area contributed by atoms with E-state index in [0.29, 0.717) is 25.7 Å². The Bertz CT molecular complexity index is 2200. The van der Waals surface area contributed by atoms with E-state index in [1.807, 2.05) is 0 Å². The molecule has 0 fully saturated rings. The number of esters is 4. The van der Waals surface area contributed by atoms with Crippen molar-refractivity contribution in [3.63, 3.8) is 0 Å². The van der Waals surface area contributed by atoms with E-state index in [0.717, 1.165) is 180 Å². The van der Waals surface area contributed by atoms with Crippen LogP contribution in [0.5, 0.6) is 0 Å². The quantitative estimate of drug-likeness (QED) is 0.0169. The molecule has 19 heteroatoms. The Morgan fingerprint density at radius 2 is 0.562 bits per heavy atom. The van der Waals surface area contributed by atoms with Crippen LogP contribution in [0, 0.1) is 0 Å². The first kappa shape index (κ1) is 92.0. The van der Waals surface area contributed by atoms with Crippen LogP contribution in [0.4, 0.5) is 0 Å². The third kappa shape index (κ3) is 68.5. The van der Waals surface area contributed by atoms with Gasteiger partial charge in [0, 0.05) is 25.7 Å². The molecule has 0 amide bonds. The predicted molar refractivity (Wildman–Crippen MR) is 390 cm³/mol. The number of allylic oxidation sites excluding steroid dienone is 16. The summed E-state index contributed by atoms with van der Waals surface area (Å²) in [6, 6.07) is 0. The molecule has 0 aromatic heterocycles. The molecule has 5 unspecified atom stereocenters. The Hall–Kier alpha value is -4.02. The molecule has 5 atom stereocenters. The van der Waals surface area contributed by atoms with Crippen molar-refractivity contribution in [2.24, 2.45) is 0 Å². The normalized spacial score (nSPS) is 14.5. The number of unbranched alkanes of at least 4 members (excludes halogenated alkanes) is 28. The van der Waals surface area contributed by atoms with Crippen LogP contribution >= 0.6 is 15.6 Å². The summed E-state index contributed by atoms with van der Waals surface area (Å²) in [5.74, 6) is -2.22. The summed E-state index contributed by atoms with van der Waals surface area (Å²) in [6.07, 6.45) is 71.1. The smallest absolute Gasteiger partial charge is 0.462 e. The number of ether oxygens (including phenoxy) is 4. The second-order valence-corrected chi connectivity index (χ2v) is 27.8. The van der Waals surface area contributed by atoms with Crippen LogP contribution in [0.2, 0.25) is 0 Å². The molecular weight excluding hydrogens is 1260 g/mol. The van der Waals surface area contributed by atoms with Crippen LogP contribution in [0.15, 0.2) is 97.2 Å². The summed E-state index contributed by atoms with van der Waals surface area (Å²) in [5, 5.41) is 10.6. The van der Waals surface area contributed by atoms with Gasteiger partial charge in [0.2, 0.25) is 0 Å². The molecule has 0 bridgehead atoms. The minimum Gasteiger partial charge on any atom is -0.462 e. The van der Waals surface area contributed by atoms with Gasteiger partial charge in [0.15, 0.2) is 12.2 Å². The van der Waals surface area contributed by atoms with Crippen molar-refractivity contribution in [3.8, 4) is 0 Å². The van der Waals surface area contributed by atoms with E-state index >= 15 is 0 Å². The predicted octanol–water partition coefficient (Wildman–Crippen LogP) is 21.2. The highest BCUT2D eigenvalue weighted by atomic mass is 31.2. The molecule has 0 aromatic carbocycles. The van der Waals surface area contributed by atoms with Crippen molar-refractivity contribution in [2.45, 2.75) is 329 Å². The lowest BCUT2D eigenvalue weighted by Gasteiger charge is -2.21. The van der Waals surface area contributed by atoms with Crippen LogP contribution in [0.3, 0.4) is 0 Å². The first-order valence-electron chi connectivity index (χ1n) is 37.5. The number of phosphoric acid groups is 2. The zero-order valence-corrected chi connectivity index (χ0v) is 62.1. The molecule has 0 rings (SSSR count). The third-order valence-electron chi connectivity index (χ3n) is 15.5. The number of carbonyl (C=O) groups is 4. The van der Waals surface area contributed by atoms with Crippen molar-refractivity contribution in [1.82, 2.24) is 0 Å². The molecule has 0 heterocycles. The monoisotopic (exact) mass is 1390 g/mol. The SMILES string of the molecule is CC/C=C\C/C=C\C/C=C\C/C=C\CCCCCCC(=O)OCC(COP(=O)(O)OCC(O)COP(=O)(O)OCC(COC(=O)CCCCCCC/C=C\C/C=C\CCC)OC(=O)CCCCCCCCCCCCCCC)OC(=O)CCCCCCC/C=C\C/C=C\CCC. The van der Waals surface area contributed by atoms with Crippen LogP contribution in [-0.2, 0) is 65.4 Å². The van der Waals surface area contributed by atoms with Gasteiger partial charge >= 0.3 is 39.5 Å². The number of rotatable bonds is 70. The fourth-order valence-electron chi connectivity index (χ4n) is 9.82. The summed E-state index contributed by atoms with van der Waals surface area (Å²) in [5.41, 5.74) is 0. The number of carbonyl (C=O) groups excluding carboxylic acids is 4. The van der Waals surface area contributed by atoms with Gasteiger partial charge in [-0.05, 0) is 116 Å². The second-order valence-electron chi connectivity index (χ2n) is 24.9. The summed E-state index contributed by atoms with van der Waals surface area (Å²) in [4.78, 5) is 72.7. The van der Waals surface area contributed by atoms with Gasteiger partial charge < -0.3 is 33.8 Å². The maximum Gasteiger partial charge on any atom is 0.472 e. The van der Waals surface area contributed by atoms with Crippen LogP contribution in [0.25, 0.3) is 0 Å². The Kier molecular flexibility index (Phi) is 66.6. The Balaban J connectivity index is 5.36. The number of aliphatic hydroxyl groups is 1. The van der Waals surface area contributed by atoms with Crippen molar-refractivity contribution < 1.29 is 80.2 Å². The molecule has 17 nitrogen and oxygen atoms in total. The number of hydrogen-bond acceptors (Lipinski definition) is 15. The molecule has 0 aliphatic carbocycles. The fraction of sp³-hybridized carbons (Fsp3) is 0.740.